The second-order valence-electron chi connectivity index (χ2n) is 5.80. The molecule has 1 heterocycles. The molecule has 2 aromatic carbocycles. The van der Waals surface area contributed by atoms with Gasteiger partial charge in [-0.2, -0.15) is 0 Å². The lowest BCUT2D eigenvalue weighted by Crippen LogP contribution is -2.49. The van der Waals surface area contributed by atoms with Crippen LogP contribution in [0.2, 0.25) is 0 Å². The zero-order chi connectivity index (χ0) is 17.5. The van der Waals surface area contributed by atoms with Gasteiger partial charge < -0.3 is 10.0 Å². The summed E-state index contributed by atoms with van der Waals surface area (Å²) in [5, 5.41) is 21.8. The number of non-ortho nitro benzene ring substituents is 1. The molecule has 2 atom stereocenters. The predicted octanol–water partition coefficient (Wildman–Crippen LogP) is 3.16. The van der Waals surface area contributed by atoms with Gasteiger partial charge in [-0.1, -0.05) is 24.3 Å². The van der Waals surface area contributed by atoms with Crippen LogP contribution in [0.4, 0.5) is 11.4 Å². The van der Waals surface area contributed by atoms with Crippen molar-refractivity contribution < 1.29 is 14.8 Å². The minimum atomic E-state index is -1.18. The first-order chi connectivity index (χ1) is 11.3. The molecule has 7 heteroatoms. The number of aliphatic hydroxyl groups is 1. The number of nitro benzene ring substituents is 1. The fraction of sp³-hybridized carbons (Fsp3) is 0.235. The molecule has 0 spiro atoms. The van der Waals surface area contributed by atoms with Crippen LogP contribution >= 0.6 is 11.8 Å². The van der Waals surface area contributed by atoms with Crippen LogP contribution in [0.15, 0.2) is 53.4 Å². The molecule has 24 heavy (non-hydrogen) atoms. The number of aliphatic hydroxyl groups excluding tert-OH is 1. The van der Waals surface area contributed by atoms with E-state index in [0.717, 1.165) is 10.6 Å². The van der Waals surface area contributed by atoms with Gasteiger partial charge in [-0.15, -0.1) is 11.8 Å². The van der Waals surface area contributed by atoms with Crippen LogP contribution in [0.5, 0.6) is 0 Å². The first-order valence-corrected chi connectivity index (χ1v) is 8.15. The van der Waals surface area contributed by atoms with E-state index in [-0.39, 0.29) is 11.6 Å². The minimum Gasteiger partial charge on any atom is -0.386 e. The number of nitrogens with zero attached hydrogens (tertiary/aromatic N) is 2. The second-order valence-corrected chi connectivity index (χ2v) is 7.29. The molecule has 1 aliphatic rings. The van der Waals surface area contributed by atoms with E-state index in [9.17, 15) is 20.0 Å². The Morgan fingerprint density at radius 3 is 2.67 bits per heavy atom. The molecule has 0 bridgehead atoms. The van der Waals surface area contributed by atoms with Crippen LogP contribution < -0.4 is 4.90 Å². The normalized spacial score (nSPS) is 21.3. The third kappa shape index (κ3) is 2.55. The lowest BCUT2D eigenvalue weighted by molar-refractivity contribution is -0.385. The maximum atomic E-state index is 12.9. The van der Waals surface area contributed by atoms with Gasteiger partial charge in [-0.05, 0) is 24.6 Å². The third-order valence-corrected chi connectivity index (χ3v) is 5.58. The van der Waals surface area contributed by atoms with Crippen LogP contribution in [-0.4, -0.2) is 27.7 Å². The molecule has 0 saturated heterocycles. The topological polar surface area (TPSA) is 83.7 Å². The minimum absolute atomic E-state index is 0.114. The highest BCUT2D eigenvalue weighted by atomic mass is 32.2. The second kappa shape index (κ2) is 5.92. The van der Waals surface area contributed by atoms with Crippen molar-refractivity contribution in [1.29, 1.82) is 0 Å². The number of amides is 1. The molecular weight excluding hydrogens is 328 g/mol. The molecule has 0 fully saturated rings. The molecule has 0 saturated carbocycles. The number of fused-ring (bicyclic) bond motifs is 1. The zero-order valence-corrected chi connectivity index (χ0v) is 14.0. The van der Waals surface area contributed by atoms with Gasteiger partial charge in [0.05, 0.1) is 10.6 Å². The van der Waals surface area contributed by atoms with Crippen molar-refractivity contribution in [2.24, 2.45) is 0 Å². The smallest absolute Gasteiger partial charge is 0.269 e. The van der Waals surface area contributed by atoms with Crippen molar-refractivity contribution in [3.8, 4) is 0 Å². The lowest BCUT2D eigenvalue weighted by atomic mass is 9.94. The Labute approximate surface area is 143 Å². The number of thioether (sulfide) groups is 1. The van der Waals surface area contributed by atoms with Gasteiger partial charge in [0.15, 0.2) is 0 Å². The summed E-state index contributed by atoms with van der Waals surface area (Å²) in [4.78, 5) is 25.7. The van der Waals surface area contributed by atoms with Crippen LogP contribution in [0.3, 0.4) is 0 Å². The number of hydrogen-bond donors (Lipinski definition) is 1. The number of rotatable bonds is 3. The lowest BCUT2D eigenvalue weighted by Gasteiger charge is -2.40. The van der Waals surface area contributed by atoms with Gasteiger partial charge in [0.2, 0.25) is 5.91 Å². The zero-order valence-electron chi connectivity index (χ0n) is 13.2. The summed E-state index contributed by atoms with van der Waals surface area (Å²) in [6.07, 6.45) is -1.18. The van der Waals surface area contributed by atoms with E-state index in [1.165, 1.54) is 34.9 Å². The van der Waals surface area contributed by atoms with Crippen molar-refractivity contribution in [2.75, 3.05) is 11.9 Å². The number of carbonyl (C=O) groups excluding carboxylic acids is 1. The maximum absolute atomic E-state index is 12.9. The highest BCUT2D eigenvalue weighted by molar-refractivity contribution is 8.01. The summed E-state index contributed by atoms with van der Waals surface area (Å²) in [5.41, 5.74) is 1.02. The molecule has 1 N–H and O–H groups in total. The largest absolute Gasteiger partial charge is 0.386 e. The number of nitro groups is 1. The molecule has 6 nitrogen and oxygen atoms in total. The molecule has 0 unspecified atom stereocenters. The van der Waals surface area contributed by atoms with Crippen molar-refractivity contribution >= 4 is 29.0 Å². The summed E-state index contributed by atoms with van der Waals surface area (Å²) in [7, 11) is 1.67. The molecule has 2 aromatic rings. The fourth-order valence-corrected chi connectivity index (χ4v) is 4.22. The number of hydrogen-bond acceptors (Lipinski definition) is 5. The average molecular weight is 344 g/mol. The predicted molar refractivity (Wildman–Crippen MR) is 92.2 cm³/mol. The Morgan fingerprint density at radius 2 is 1.96 bits per heavy atom. The summed E-state index contributed by atoms with van der Waals surface area (Å²) in [6, 6.07) is 13.2. The Hall–Kier alpha value is -2.38. The van der Waals surface area contributed by atoms with E-state index < -0.39 is 15.8 Å². The molecule has 0 radical (unpaired) electrons. The van der Waals surface area contributed by atoms with Gasteiger partial charge in [0.25, 0.3) is 5.69 Å². The molecular formula is C17H16N2O4S. The first kappa shape index (κ1) is 16.5. The van der Waals surface area contributed by atoms with E-state index in [1.807, 2.05) is 24.3 Å². The first-order valence-electron chi connectivity index (χ1n) is 7.33. The summed E-state index contributed by atoms with van der Waals surface area (Å²) in [5.74, 6) is -0.245. The van der Waals surface area contributed by atoms with E-state index >= 15 is 0 Å². The fourth-order valence-electron chi connectivity index (χ4n) is 2.83. The van der Waals surface area contributed by atoms with E-state index in [0.29, 0.717) is 5.56 Å². The summed E-state index contributed by atoms with van der Waals surface area (Å²) in [6.45, 7) is 1.66. The molecule has 1 aliphatic heterocycles. The Kier molecular flexibility index (Phi) is 4.06. The van der Waals surface area contributed by atoms with Crippen LogP contribution in [0.25, 0.3) is 0 Å². The molecule has 1 amide bonds. The van der Waals surface area contributed by atoms with E-state index in [2.05, 4.69) is 0 Å². The molecule has 0 aliphatic carbocycles. The van der Waals surface area contributed by atoms with Crippen molar-refractivity contribution in [1.82, 2.24) is 0 Å². The van der Waals surface area contributed by atoms with E-state index in [1.54, 1.807) is 20.0 Å². The number of anilines is 1. The van der Waals surface area contributed by atoms with Gasteiger partial charge in [0, 0.05) is 24.1 Å². The average Bonchev–Trinajstić information content (AvgIpc) is 2.59. The third-order valence-electron chi connectivity index (χ3n) is 4.20. The monoisotopic (exact) mass is 344 g/mol. The highest BCUT2D eigenvalue weighted by Crippen LogP contribution is 2.50. The van der Waals surface area contributed by atoms with Crippen LogP contribution in [-0.2, 0) is 4.79 Å². The highest BCUT2D eigenvalue weighted by Gasteiger charge is 2.48. The van der Waals surface area contributed by atoms with Gasteiger partial charge in [-0.3, -0.25) is 14.9 Å². The van der Waals surface area contributed by atoms with Crippen molar-refractivity contribution in [3.63, 3.8) is 0 Å². The number of para-hydroxylation sites is 1. The van der Waals surface area contributed by atoms with Crippen LogP contribution in [0.1, 0.15) is 18.6 Å². The Balaban J connectivity index is 2.03. The SMILES string of the molecule is CN1C(=O)[C@@](C)([C@@H](O)c2cccc([N+](=O)[O-])c2)Sc2ccccc21. The van der Waals surface area contributed by atoms with Crippen molar-refractivity contribution in [2.45, 2.75) is 22.7 Å². The van der Waals surface area contributed by atoms with E-state index in [4.69, 9.17) is 0 Å². The summed E-state index contributed by atoms with van der Waals surface area (Å²) >= 11 is 1.28. The number of benzene rings is 2. The van der Waals surface area contributed by atoms with Gasteiger partial charge in [0.1, 0.15) is 10.9 Å². The molecule has 3 rings (SSSR count). The maximum Gasteiger partial charge on any atom is 0.269 e. The van der Waals surface area contributed by atoms with Gasteiger partial charge in [-0.25, -0.2) is 0 Å². The van der Waals surface area contributed by atoms with Crippen LogP contribution in [0, 0.1) is 10.1 Å². The quantitative estimate of drug-likeness (QED) is 0.683. The Bertz CT molecular complexity index is 826. The standard InChI is InChI=1S/C17H16N2O4S/c1-17(15(20)11-6-5-7-12(10-11)19(22)23)16(21)18(2)13-8-3-4-9-14(13)24-17/h3-10,15,20H,1-2H3/t15-,17+/m0/s1. The van der Waals surface area contributed by atoms with Crippen molar-refractivity contribution in [3.05, 3.63) is 64.2 Å². The Morgan fingerprint density at radius 1 is 1.25 bits per heavy atom. The number of carbonyl (C=O) groups is 1. The molecule has 0 aromatic heterocycles. The summed E-state index contributed by atoms with van der Waals surface area (Å²) < 4.78 is -1.17. The van der Waals surface area contributed by atoms with Gasteiger partial charge >= 0.3 is 0 Å². The molecule has 124 valence electrons.